The third kappa shape index (κ3) is 3.85. The van der Waals surface area contributed by atoms with E-state index < -0.39 is 17.7 Å². The van der Waals surface area contributed by atoms with Crippen molar-refractivity contribution in [2.75, 3.05) is 11.9 Å². The van der Waals surface area contributed by atoms with Crippen molar-refractivity contribution in [3.05, 3.63) is 35.4 Å². The van der Waals surface area contributed by atoms with Crippen LogP contribution in [0.5, 0.6) is 5.75 Å². The summed E-state index contributed by atoms with van der Waals surface area (Å²) in [5, 5.41) is 0.677. The number of esters is 2. The minimum atomic E-state index is -1.24. The van der Waals surface area contributed by atoms with Gasteiger partial charge in [-0.05, 0) is 12.1 Å². The highest BCUT2D eigenvalue weighted by Crippen LogP contribution is 2.27. The predicted molar refractivity (Wildman–Crippen MR) is 80.0 cm³/mol. The van der Waals surface area contributed by atoms with Crippen LogP contribution in [0.15, 0.2) is 29.8 Å². The van der Waals surface area contributed by atoms with Gasteiger partial charge in [-0.3, -0.25) is 0 Å². The van der Waals surface area contributed by atoms with E-state index in [-0.39, 0.29) is 5.57 Å². The molecule has 0 bridgehead atoms. The van der Waals surface area contributed by atoms with Gasteiger partial charge in [-0.15, -0.1) is 0 Å². The Hall–Kier alpha value is -1.82. The normalized spacial score (nSPS) is 17.0. The molecule has 1 fully saturated rings. The number of hydrogen-bond donors (Lipinski definition) is 0. The number of para-hydroxylation sites is 1. The van der Waals surface area contributed by atoms with Gasteiger partial charge in [-0.2, -0.15) is 0 Å². The maximum Gasteiger partial charge on any atom is 0.348 e. The third-order valence-electron chi connectivity index (χ3n) is 2.67. The molecule has 0 atom stereocenters. The molecule has 0 amide bonds. The second-order valence-corrected chi connectivity index (χ2v) is 5.61. The fraction of sp³-hybridized carbons (Fsp3) is 0.333. The fourth-order valence-corrected chi connectivity index (χ4v) is 1.98. The van der Waals surface area contributed by atoms with Crippen LogP contribution in [0, 0.1) is 0 Å². The highest BCUT2D eigenvalue weighted by atomic mass is 79.9. The lowest BCUT2D eigenvalue weighted by molar-refractivity contribution is -0.222. The standard InChI is InChI=1S/C15H15BrO5/c1-15(2)20-13(17)11(14(18)21-15)9-10-5-3-4-6-12(10)19-8-7-16/h3-6,9H,7-8H2,1-2H3. The van der Waals surface area contributed by atoms with E-state index in [9.17, 15) is 9.59 Å². The Kier molecular flexibility index (Phi) is 4.67. The van der Waals surface area contributed by atoms with Gasteiger partial charge in [-0.25, -0.2) is 9.59 Å². The molecule has 0 unspecified atom stereocenters. The summed E-state index contributed by atoms with van der Waals surface area (Å²) < 4.78 is 15.6. The minimum Gasteiger partial charge on any atom is -0.492 e. The van der Waals surface area contributed by atoms with Gasteiger partial charge in [0, 0.05) is 24.7 Å². The molecule has 0 radical (unpaired) electrons. The number of carbonyl (C=O) groups is 2. The Morgan fingerprint density at radius 1 is 1.19 bits per heavy atom. The number of hydrogen-bond acceptors (Lipinski definition) is 5. The number of alkyl halides is 1. The zero-order chi connectivity index (χ0) is 15.5. The number of cyclic esters (lactones) is 2. The van der Waals surface area contributed by atoms with Crippen molar-refractivity contribution in [3.63, 3.8) is 0 Å². The Morgan fingerprint density at radius 2 is 1.81 bits per heavy atom. The van der Waals surface area contributed by atoms with Crippen LogP contribution in [-0.2, 0) is 19.1 Å². The molecule has 5 nitrogen and oxygen atoms in total. The van der Waals surface area contributed by atoms with E-state index in [0.29, 0.717) is 23.2 Å². The smallest absolute Gasteiger partial charge is 0.348 e. The summed E-state index contributed by atoms with van der Waals surface area (Å²) >= 11 is 3.27. The summed E-state index contributed by atoms with van der Waals surface area (Å²) in [4.78, 5) is 23.8. The van der Waals surface area contributed by atoms with Crippen LogP contribution in [-0.4, -0.2) is 29.7 Å². The number of benzene rings is 1. The van der Waals surface area contributed by atoms with Crippen molar-refractivity contribution >= 4 is 33.9 Å². The van der Waals surface area contributed by atoms with Gasteiger partial charge in [0.05, 0.1) is 6.61 Å². The molecular weight excluding hydrogens is 340 g/mol. The zero-order valence-electron chi connectivity index (χ0n) is 11.7. The van der Waals surface area contributed by atoms with Gasteiger partial charge < -0.3 is 14.2 Å². The molecule has 1 aliphatic heterocycles. The molecule has 6 heteroatoms. The molecule has 1 aromatic carbocycles. The molecule has 2 rings (SSSR count). The molecule has 1 aliphatic rings. The van der Waals surface area contributed by atoms with Gasteiger partial charge in [0.1, 0.15) is 11.3 Å². The first-order chi connectivity index (χ1) is 9.93. The fourth-order valence-electron chi connectivity index (χ4n) is 1.81. The van der Waals surface area contributed by atoms with Crippen molar-refractivity contribution in [3.8, 4) is 5.75 Å². The second-order valence-electron chi connectivity index (χ2n) is 4.81. The Labute approximate surface area is 131 Å². The quantitative estimate of drug-likeness (QED) is 0.360. The summed E-state index contributed by atoms with van der Waals surface area (Å²) in [5.41, 5.74) is 0.464. The largest absolute Gasteiger partial charge is 0.492 e. The lowest BCUT2D eigenvalue weighted by atomic mass is 10.1. The molecule has 1 heterocycles. The zero-order valence-corrected chi connectivity index (χ0v) is 13.3. The summed E-state index contributed by atoms with van der Waals surface area (Å²) in [6, 6.07) is 7.11. The van der Waals surface area contributed by atoms with Gasteiger partial charge in [0.15, 0.2) is 0 Å². The molecule has 0 saturated carbocycles. The lowest BCUT2D eigenvalue weighted by Crippen LogP contribution is -2.41. The lowest BCUT2D eigenvalue weighted by Gasteiger charge is -2.29. The minimum absolute atomic E-state index is 0.149. The van der Waals surface area contributed by atoms with Gasteiger partial charge in [-0.1, -0.05) is 34.1 Å². The topological polar surface area (TPSA) is 61.8 Å². The molecule has 112 valence electrons. The van der Waals surface area contributed by atoms with E-state index in [0.717, 1.165) is 0 Å². The van der Waals surface area contributed by atoms with Crippen molar-refractivity contribution in [2.24, 2.45) is 0 Å². The van der Waals surface area contributed by atoms with E-state index in [2.05, 4.69) is 15.9 Å². The number of ether oxygens (including phenoxy) is 3. The molecule has 1 aromatic rings. The van der Waals surface area contributed by atoms with Gasteiger partial charge in [0.25, 0.3) is 5.79 Å². The second kappa shape index (κ2) is 6.30. The van der Waals surface area contributed by atoms with E-state index in [1.165, 1.54) is 19.9 Å². The molecule has 0 aliphatic carbocycles. The molecular formula is C15H15BrO5. The maximum atomic E-state index is 11.9. The average molecular weight is 355 g/mol. The first kappa shape index (κ1) is 15.6. The first-order valence-electron chi connectivity index (χ1n) is 6.39. The van der Waals surface area contributed by atoms with E-state index in [4.69, 9.17) is 14.2 Å². The van der Waals surface area contributed by atoms with E-state index >= 15 is 0 Å². The highest BCUT2D eigenvalue weighted by Gasteiger charge is 2.38. The van der Waals surface area contributed by atoms with Crippen LogP contribution in [0.25, 0.3) is 6.08 Å². The van der Waals surface area contributed by atoms with Gasteiger partial charge in [0.2, 0.25) is 0 Å². The average Bonchev–Trinajstić information content (AvgIpc) is 2.40. The van der Waals surface area contributed by atoms with Crippen LogP contribution in [0.1, 0.15) is 19.4 Å². The van der Waals surface area contributed by atoms with Crippen LogP contribution in [0.2, 0.25) is 0 Å². The van der Waals surface area contributed by atoms with E-state index in [1.807, 2.05) is 6.07 Å². The van der Waals surface area contributed by atoms with Crippen molar-refractivity contribution in [1.82, 2.24) is 0 Å². The Bertz CT molecular complexity index is 569. The predicted octanol–water partition coefficient (Wildman–Crippen LogP) is 2.68. The molecule has 0 aromatic heterocycles. The Balaban J connectivity index is 2.31. The van der Waals surface area contributed by atoms with Crippen LogP contribution < -0.4 is 4.74 Å². The summed E-state index contributed by atoms with van der Waals surface area (Å²) in [5.74, 6) is -2.06. The van der Waals surface area contributed by atoms with E-state index in [1.54, 1.807) is 18.2 Å². The SMILES string of the molecule is CC1(C)OC(=O)C(=Cc2ccccc2OCCBr)C(=O)O1. The number of rotatable bonds is 4. The Morgan fingerprint density at radius 3 is 2.43 bits per heavy atom. The number of carbonyl (C=O) groups excluding carboxylic acids is 2. The molecule has 1 saturated heterocycles. The van der Waals surface area contributed by atoms with Crippen LogP contribution in [0.3, 0.4) is 0 Å². The monoisotopic (exact) mass is 354 g/mol. The molecule has 0 spiro atoms. The third-order valence-corrected chi connectivity index (χ3v) is 2.99. The van der Waals surface area contributed by atoms with Crippen molar-refractivity contribution in [2.45, 2.75) is 19.6 Å². The molecule has 21 heavy (non-hydrogen) atoms. The highest BCUT2D eigenvalue weighted by molar-refractivity contribution is 9.09. The van der Waals surface area contributed by atoms with Gasteiger partial charge >= 0.3 is 11.9 Å². The maximum absolute atomic E-state index is 11.9. The summed E-state index contributed by atoms with van der Waals surface area (Å²) in [6.07, 6.45) is 1.42. The first-order valence-corrected chi connectivity index (χ1v) is 7.51. The van der Waals surface area contributed by atoms with Crippen LogP contribution in [0.4, 0.5) is 0 Å². The summed E-state index contributed by atoms with van der Waals surface area (Å²) in [6.45, 7) is 3.49. The van der Waals surface area contributed by atoms with Crippen LogP contribution >= 0.6 is 15.9 Å². The van der Waals surface area contributed by atoms with Crippen molar-refractivity contribution in [1.29, 1.82) is 0 Å². The number of halogens is 1. The molecule has 0 N–H and O–H groups in total. The van der Waals surface area contributed by atoms with Crippen molar-refractivity contribution < 1.29 is 23.8 Å². The summed E-state index contributed by atoms with van der Waals surface area (Å²) in [7, 11) is 0.